The highest BCUT2D eigenvalue weighted by Gasteiger charge is 2.39. The first-order chi connectivity index (χ1) is 14.0. The molecule has 1 aromatic carbocycles. The summed E-state index contributed by atoms with van der Waals surface area (Å²) in [5, 5.41) is 20.3. The SMILES string of the molecule is COC(=O)CCC=C=CC[C@H]1C(=O)C[C@@H](O)[C@@H]1C=C[C@@H](O)COc1ccccc1. The molecule has 6 heteroatoms. The molecular weight excluding hydrogens is 372 g/mol. The number of rotatable bonds is 10. The van der Waals surface area contributed by atoms with Gasteiger partial charge in [0.05, 0.1) is 13.2 Å². The van der Waals surface area contributed by atoms with Crippen molar-refractivity contribution in [1.29, 1.82) is 0 Å². The van der Waals surface area contributed by atoms with Gasteiger partial charge in [-0.1, -0.05) is 30.4 Å². The Labute approximate surface area is 171 Å². The lowest BCUT2D eigenvalue weighted by atomic mass is 9.90. The van der Waals surface area contributed by atoms with Crippen LogP contribution in [0.5, 0.6) is 5.75 Å². The third kappa shape index (κ3) is 7.70. The fourth-order valence-corrected chi connectivity index (χ4v) is 3.19. The highest BCUT2D eigenvalue weighted by Crippen LogP contribution is 2.33. The lowest BCUT2D eigenvalue weighted by Crippen LogP contribution is -2.20. The van der Waals surface area contributed by atoms with Gasteiger partial charge in [0, 0.05) is 24.7 Å². The van der Waals surface area contributed by atoms with Crippen LogP contribution in [0.1, 0.15) is 25.7 Å². The van der Waals surface area contributed by atoms with E-state index >= 15 is 0 Å². The summed E-state index contributed by atoms with van der Waals surface area (Å²) in [7, 11) is 1.34. The number of ether oxygens (including phenoxy) is 2. The molecule has 0 heterocycles. The zero-order valence-corrected chi connectivity index (χ0v) is 16.6. The van der Waals surface area contributed by atoms with E-state index in [0.29, 0.717) is 18.6 Å². The first-order valence-corrected chi connectivity index (χ1v) is 9.72. The van der Waals surface area contributed by atoms with Crippen LogP contribution in [0.4, 0.5) is 0 Å². The molecule has 29 heavy (non-hydrogen) atoms. The normalized spacial score (nSPS) is 22.2. The number of Topliss-reactive ketones (excluding diaryl/α,β-unsaturated/α-hetero) is 1. The van der Waals surface area contributed by atoms with Gasteiger partial charge in [-0.3, -0.25) is 9.59 Å². The summed E-state index contributed by atoms with van der Waals surface area (Å²) in [6, 6.07) is 9.18. The zero-order valence-electron chi connectivity index (χ0n) is 16.6. The summed E-state index contributed by atoms with van der Waals surface area (Å²) in [4.78, 5) is 23.2. The van der Waals surface area contributed by atoms with E-state index in [9.17, 15) is 19.8 Å². The Morgan fingerprint density at radius 2 is 2.07 bits per heavy atom. The molecule has 0 aliphatic heterocycles. The van der Waals surface area contributed by atoms with Gasteiger partial charge in [-0.2, -0.15) is 0 Å². The van der Waals surface area contributed by atoms with Crippen LogP contribution in [0.3, 0.4) is 0 Å². The molecule has 0 unspecified atom stereocenters. The predicted octanol–water partition coefficient (Wildman–Crippen LogP) is 2.60. The van der Waals surface area contributed by atoms with E-state index in [-0.39, 0.29) is 43.0 Å². The third-order valence-corrected chi connectivity index (χ3v) is 4.78. The van der Waals surface area contributed by atoms with Crippen LogP contribution in [0.15, 0.2) is 60.4 Å². The van der Waals surface area contributed by atoms with E-state index in [1.54, 1.807) is 36.4 Å². The molecule has 2 rings (SSSR count). The van der Waals surface area contributed by atoms with Crippen molar-refractivity contribution in [2.24, 2.45) is 11.8 Å². The fourth-order valence-electron chi connectivity index (χ4n) is 3.19. The van der Waals surface area contributed by atoms with Gasteiger partial charge >= 0.3 is 5.97 Å². The van der Waals surface area contributed by atoms with Gasteiger partial charge in [0.25, 0.3) is 0 Å². The highest BCUT2D eigenvalue weighted by atomic mass is 16.5. The maximum Gasteiger partial charge on any atom is 0.305 e. The Morgan fingerprint density at radius 1 is 1.31 bits per heavy atom. The van der Waals surface area contributed by atoms with E-state index in [1.165, 1.54) is 7.11 Å². The van der Waals surface area contributed by atoms with Crippen LogP contribution >= 0.6 is 0 Å². The van der Waals surface area contributed by atoms with Crippen LogP contribution in [0.25, 0.3) is 0 Å². The fraction of sp³-hybridized carbons (Fsp3) is 0.435. The Morgan fingerprint density at radius 3 is 2.79 bits per heavy atom. The minimum Gasteiger partial charge on any atom is -0.491 e. The number of para-hydroxylation sites is 1. The number of aliphatic hydroxyl groups is 2. The van der Waals surface area contributed by atoms with E-state index in [0.717, 1.165) is 0 Å². The van der Waals surface area contributed by atoms with Crippen molar-refractivity contribution in [2.75, 3.05) is 13.7 Å². The number of methoxy groups -OCH3 is 1. The molecule has 1 fully saturated rings. The monoisotopic (exact) mass is 400 g/mol. The minimum atomic E-state index is -0.840. The molecular formula is C23H28O6. The Hall–Kier alpha value is -2.66. The Kier molecular flexibility index (Phi) is 9.38. The van der Waals surface area contributed by atoms with Crippen molar-refractivity contribution in [1.82, 2.24) is 0 Å². The Balaban J connectivity index is 1.86. The second-order valence-corrected chi connectivity index (χ2v) is 6.92. The number of aliphatic hydroxyl groups excluding tert-OH is 2. The van der Waals surface area contributed by atoms with Gasteiger partial charge in [-0.15, -0.1) is 5.73 Å². The van der Waals surface area contributed by atoms with Crippen molar-refractivity contribution in [2.45, 2.75) is 37.9 Å². The van der Waals surface area contributed by atoms with Crippen molar-refractivity contribution >= 4 is 11.8 Å². The van der Waals surface area contributed by atoms with Gasteiger partial charge < -0.3 is 19.7 Å². The summed E-state index contributed by atoms with van der Waals surface area (Å²) in [5.41, 5.74) is 2.97. The molecule has 1 aliphatic rings. The quantitative estimate of drug-likeness (QED) is 0.356. The van der Waals surface area contributed by atoms with Crippen molar-refractivity contribution in [3.8, 4) is 5.75 Å². The van der Waals surface area contributed by atoms with Crippen molar-refractivity contribution in [3.63, 3.8) is 0 Å². The maximum atomic E-state index is 12.2. The lowest BCUT2D eigenvalue weighted by Gasteiger charge is -2.16. The van der Waals surface area contributed by atoms with E-state index in [2.05, 4.69) is 10.5 Å². The number of allylic oxidation sites excluding steroid dienone is 1. The summed E-state index contributed by atoms with van der Waals surface area (Å²) >= 11 is 0. The van der Waals surface area contributed by atoms with Crippen LogP contribution in [-0.2, 0) is 14.3 Å². The first kappa shape index (κ1) is 22.6. The van der Waals surface area contributed by atoms with Crippen LogP contribution < -0.4 is 4.74 Å². The van der Waals surface area contributed by atoms with Gasteiger partial charge in [0.15, 0.2) is 0 Å². The topological polar surface area (TPSA) is 93.1 Å². The van der Waals surface area contributed by atoms with Crippen LogP contribution in [-0.4, -0.2) is 47.9 Å². The number of hydrogen-bond donors (Lipinski definition) is 2. The molecule has 1 saturated carbocycles. The smallest absolute Gasteiger partial charge is 0.305 e. The molecule has 0 saturated heterocycles. The summed E-state index contributed by atoms with van der Waals surface area (Å²) in [5.74, 6) is -0.336. The maximum absolute atomic E-state index is 12.2. The molecule has 156 valence electrons. The number of ketones is 1. The number of carbonyl (C=O) groups is 2. The van der Waals surface area contributed by atoms with Gasteiger partial charge in [-0.05, 0) is 37.1 Å². The molecule has 0 spiro atoms. The number of hydrogen-bond acceptors (Lipinski definition) is 6. The summed E-state index contributed by atoms with van der Waals surface area (Å²) < 4.78 is 10.1. The average molecular weight is 400 g/mol. The van der Waals surface area contributed by atoms with Gasteiger partial charge in [-0.25, -0.2) is 0 Å². The second-order valence-electron chi connectivity index (χ2n) is 6.92. The summed E-state index contributed by atoms with van der Waals surface area (Å²) in [6.07, 6.45) is 6.48. The molecule has 4 atom stereocenters. The molecule has 6 nitrogen and oxygen atoms in total. The molecule has 0 radical (unpaired) electrons. The molecule has 0 bridgehead atoms. The molecule has 0 amide bonds. The highest BCUT2D eigenvalue weighted by molar-refractivity contribution is 5.84. The largest absolute Gasteiger partial charge is 0.491 e. The molecule has 2 N–H and O–H groups in total. The lowest BCUT2D eigenvalue weighted by molar-refractivity contribution is -0.140. The van der Waals surface area contributed by atoms with E-state index < -0.39 is 12.2 Å². The van der Waals surface area contributed by atoms with Gasteiger partial charge in [0.1, 0.15) is 24.2 Å². The summed E-state index contributed by atoms with van der Waals surface area (Å²) in [6.45, 7) is 0.0881. The number of benzene rings is 1. The molecule has 1 aliphatic carbocycles. The second kappa shape index (κ2) is 12.0. The standard InChI is InChI=1S/C23H28O6/c1-28-23(27)12-8-3-2-7-11-19-20(22(26)15-21(19)25)14-13-17(24)16-29-18-9-5-4-6-10-18/h3-7,9-10,13-14,17,19-20,22,24,26H,8,11-12,15-16H2,1H3/t2?,17-,19-,20-,22-/m1/s1. The number of esters is 1. The third-order valence-electron chi connectivity index (χ3n) is 4.78. The zero-order chi connectivity index (χ0) is 21.1. The van der Waals surface area contributed by atoms with Crippen LogP contribution in [0.2, 0.25) is 0 Å². The van der Waals surface area contributed by atoms with E-state index in [1.807, 2.05) is 18.2 Å². The number of carbonyl (C=O) groups excluding carboxylic acids is 2. The first-order valence-electron chi connectivity index (χ1n) is 9.72. The van der Waals surface area contributed by atoms with Crippen molar-refractivity contribution in [3.05, 3.63) is 60.4 Å². The van der Waals surface area contributed by atoms with E-state index in [4.69, 9.17) is 4.74 Å². The average Bonchev–Trinajstić information content (AvgIpc) is 3.00. The predicted molar refractivity (Wildman–Crippen MR) is 108 cm³/mol. The van der Waals surface area contributed by atoms with Crippen LogP contribution in [0, 0.1) is 11.8 Å². The minimum absolute atomic E-state index is 0.00483. The van der Waals surface area contributed by atoms with Crippen molar-refractivity contribution < 1.29 is 29.3 Å². The van der Waals surface area contributed by atoms with Gasteiger partial charge in [0.2, 0.25) is 0 Å². The molecule has 0 aromatic heterocycles. The Bertz CT molecular complexity index is 748. The molecule has 1 aromatic rings.